The molecule has 0 radical (unpaired) electrons. The Morgan fingerprint density at radius 3 is 2.18 bits per heavy atom. The van der Waals surface area contributed by atoms with Crippen molar-refractivity contribution in [1.82, 2.24) is 0 Å². The molecule has 0 heterocycles. The van der Waals surface area contributed by atoms with Crippen molar-refractivity contribution in [2.45, 2.75) is 13.0 Å². The molecular weight excluding hydrogens is 280 g/mol. The molecule has 0 saturated carbocycles. The molecule has 22 heavy (non-hydrogen) atoms. The van der Waals surface area contributed by atoms with Crippen LogP contribution in [0.2, 0.25) is 0 Å². The number of benzene rings is 2. The Morgan fingerprint density at radius 1 is 1.00 bits per heavy atom. The van der Waals surface area contributed by atoms with Gasteiger partial charge >= 0.3 is 5.97 Å². The van der Waals surface area contributed by atoms with Crippen molar-refractivity contribution in [2.24, 2.45) is 10.2 Å². The van der Waals surface area contributed by atoms with Gasteiger partial charge in [-0.2, -0.15) is 10.2 Å². The number of hydrogen-bond donors (Lipinski definition) is 0. The third-order valence-corrected chi connectivity index (χ3v) is 2.86. The number of esters is 1. The van der Waals surface area contributed by atoms with Crippen molar-refractivity contribution >= 4 is 17.4 Å². The number of rotatable bonds is 6. The van der Waals surface area contributed by atoms with Crippen LogP contribution in [0, 0.1) is 0 Å². The molecule has 0 fully saturated rings. The highest BCUT2D eigenvalue weighted by molar-refractivity contribution is 6.12. The highest BCUT2D eigenvalue weighted by Crippen LogP contribution is 2.14. The first kappa shape index (κ1) is 15.6. The summed E-state index contributed by atoms with van der Waals surface area (Å²) in [7, 11) is 0. The number of ketones is 1. The SMILES string of the molecule is CCOC(=O)[C@H](N=Nc1ccccc1)C(=O)c1ccccc1. The van der Waals surface area contributed by atoms with Crippen LogP contribution >= 0.6 is 0 Å². The highest BCUT2D eigenvalue weighted by atomic mass is 16.5. The van der Waals surface area contributed by atoms with Crippen LogP contribution in [0.3, 0.4) is 0 Å². The van der Waals surface area contributed by atoms with E-state index in [4.69, 9.17) is 4.74 Å². The predicted molar refractivity (Wildman–Crippen MR) is 82.2 cm³/mol. The van der Waals surface area contributed by atoms with E-state index in [1.165, 1.54) is 0 Å². The molecule has 0 aromatic heterocycles. The fourth-order valence-corrected chi connectivity index (χ4v) is 1.81. The first-order valence-corrected chi connectivity index (χ1v) is 6.94. The lowest BCUT2D eigenvalue weighted by atomic mass is 10.1. The Balaban J connectivity index is 2.25. The molecule has 5 heteroatoms. The highest BCUT2D eigenvalue weighted by Gasteiger charge is 2.29. The normalized spacial score (nSPS) is 12.0. The summed E-state index contributed by atoms with van der Waals surface area (Å²) in [5, 5.41) is 7.85. The summed E-state index contributed by atoms with van der Waals surface area (Å²) in [4.78, 5) is 24.4. The third-order valence-electron chi connectivity index (χ3n) is 2.86. The van der Waals surface area contributed by atoms with Crippen molar-refractivity contribution in [3.63, 3.8) is 0 Å². The Morgan fingerprint density at radius 2 is 1.59 bits per heavy atom. The number of Topliss-reactive ketones (excluding diaryl/α,β-unsaturated/α-hetero) is 1. The average Bonchev–Trinajstić information content (AvgIpc) is 2.57. The monoisotopic (exact) mass is 296 g/mol. The fourth-order valence-electron chi connectivity index (χ4n) is 1.81. The zero-order valence-electron chi connectivity index (χ0n) is 12.2. The van der Waals surface area contributed by atoms with E-state index < -0.39 is 17.8 Å². The molecule has 2 aromatic carbocycles. The van der Waals surface area contributed by atoms with Crippen molar-refractivity contribution in [3.8, 4) is 0 Å². The molecule has 5 nitrogen and oxygen atoms in total. The maximum absolute atomic E-state index is 12.4. The lowest BCUT2D eigenvalue weighted by molar-refractivity contribution is -0.143. The zero-order valence-corrected chi connectivity index (χ0v) is 12.2. The summed E-state index contributed by atoms with van der Waals surface area (Å²) in [5.74, 6) is -1.13. The standard InChI is InChI=1S/C17H16N2O3/c1-2-22-17(21)15(16(20)13-9-5-3-6-10-13)19-18-14-11-7-4-8-12-14/h3-12,15H,2H2,1H3/t15-/m1/s1. The summed E-state index contributed by atoms with van der Waals surface area (Å²) >= 11 is 0. The summed E-state index contributed by atoms with van der Waals surface area (Å²) in [6, 6.07) is 16.1. The number of ether oxygens (including phenoxy) is 1. The largest absolute Gasteiger partial charge is 0.464 e. The van der Waals surface area contributed by atoms with Gasteiger partial charge < -0.3 is 4.74 Å². The van der Waals surface area contributed by atoms with Crippen LogP contribution in [0.15, 0.2) is 70.9 Å². The molecule has 0 unspecified atom stereocenters. The number of nitrogens with zero attached hydrogens (tertiary/aromatic N) is 2. The molecule has 1 atom stereocenters. The number of hydrogen-bond acceptors (Lipinski definition) is 5. The molecular formula is C17H16N2O3. The molecule has 2 rings (SSSR count). The van der Waals surface area contributed by atoms with E-state index in [1.807, 2.05) is 6.07 Å². The zero-order chi connectivity index (χ0) is 15.8. The fraction of sp³-hybridized carbons (Fsp3) is 0.176. The summed E-state index contributed by atoms with van der Waals surface area (Å²) in [6.07, 6.45) is 0. The van der Waals surface area contributed by atoms with E-state index in [0.29, 0.717) is 11.3 Å². The third kappa shape index (κ3) is 4.09. The van der Waals surface area contributed by atoms with Gasteiger partial charge in [0.2, 0.25) is 11.8 Å². The van der Waals surface area contributed by atoms with Gasteiger partial charge in [0, 0.05) is 5.56 Å². The second-order valence-electron chi connectivity index (χ2n) is 4.44. The van der Waals surface area contributed by atoms with Crippen LogP contribution in [-0.2, 0) is 9.53 Å². The second kappa shape index (κ2) is 7.83. The van der Waals surface area contributed by atoms with Crippen molar-refractivity contribution in [3.05, 3.63) is 66.2 Å². The minimum atomic E-state index is -1.29. The summed E-state index contributed by atoms with van der Waals surface area (Å²) < 4.78 is 4.92. The molecule has 0 N–H and O–H groups in total. The molecule has 0 aliphatic carbocycles. The molecule has 0 amide bonds. The minimum Gasteiger partial charge on any atom is -0.464 e. The summed E-state index contributed by atoms with van der Waals surface area (Å²) in [5.41, 5.74) is 0.963. The maximum atomic E-state index is 12.4. The van der Waals surface area contributed by atoms with Crippen LogP contribution in [0.4, 0.5) is 5.69 Å². The van der Waals surface area contributed by atoms with Gasteiger partial charge in [0.05, 0.1) is 12.3 Å². The Labute approximate surface area is 128 Å². The summed E-state index contributed by atoms with van der Waals surface area (Å²) in [6.45, 7) is 1.86. The van der Waals surface area contributed by atoms with Gasteiger partial charge in [0.25, 0.3) is 0 Å². The van der Waals surface area contributed by atoms with Gasteiger partial charge in [0.15, 0.2) is 0 Å². The number of azo groups is 1. The van der Waals surface area contributed by atoms with Crippen LogP contribution in [0.1, 0.15) is 17.3 Å². The number of carbonyl (C=O) groups is 2. The predicted octanol–water partition coefficient (Wildman–Crippen LogP) is 3.58. The average molecular weight is 296 g/mol. The van der Waals surface area contributed by atoms with Crippen LogP contribution in [-0.4, -0.2) is 24.4 Å². The topological polar surface area (TPSA) is 68.1 Å². The quantitative estimate of drug-likeness (QED) is 0.354. The van der Waals surface area contributed by atoms with Gasteiger partial charge in [-0.3, -0.25) is 4.79 Å². The molecule has 0 aliphatic rings. The van der Waals surface area contributed by atoms with Gasteiger partial charge in [0.1, 0.15) is 0 Å². The Hall–Kier alpha value is -2.82. The van der Waals surface area contributed by atoms with Crippen molar-refractivity contribution < 1.29 is 14.3 Å². The molecule has 0 saturated heterocycles. The van der Waals surface area contributed by atoms with Gasteiger partial charge in [-0.05, 0) is 19.1 Å². The molecule has 2 aromatic rings. The second-order valence-corrected chi connectivity index (χ2v) is 4.44. The van der Waals surface area contributed by atoms with E-state index in [0.717, 1.165) is 0 Å². The van der Waals surface area contributed by atoms with E-state index in [1.54, 1.807) is 61.5 Å². The van der Waals surface area contributed by atoms with Crippen molar-refractivity contribution in [1.29, 1.82) is 0 Å². The Bertz CT molecular complexity index is 654. The van der Waals surface area contributed by atoms with Gasteiger partial charge in [-0.15, -0.1) is 0 Å². The molecule has 0 aliphatic heterocycles. The van der Waals surface area contributed by atoms with Gasteiger partial charge in [-0.1, -0.05) is 48.5 Å². The van der Waals surface area contributed by atoms with Crippen molar-refractivity contribution in [2.75, 3.05) is 6.61 Å². The van der Waals surface area contributed by atoms with E-state index in [-0.39, 0.29) is 6.61 Å². The van der Waals surface area contributed by atoms with Crippen LogP contribution in [0.5, 0.6) is 0 Å². The van der Waals surface area contributed by atoms with E-state index in [9.17, 15) is 9.59 Å². The lowest BCUT2D eigenvalue weighted by Crippen LogP contribution is -2.30. The minimum absolute atomic E-state index is 0.179. The van der Waals surface area contributed by atoms with E-state index >= 15 is 0 Å². The number of carbonyl (C=O) groups excluding carboxylic acids is 2. The van der Waals surface area contributed by atoms with Crippen LogP contribution in [0.25, 0.3) is 0 Å². The first-order chi connectivity index (χ1) is 10.7. The Kier molecular flexibility index (Phi) is 5.54. The smallest absolute Gasteiger partial charge is 0.341 e. The van der Waals surface area contributed by atoms with E-state index in [2.05, 4.69) is 10.2 Å². The molecule has 112 valence electrons. The maximum Gasteiger partial charge on any atom is 0.341 e. The van der Waals surface area contributed by atoms with Gasteiger partial charge in [-0.25, -0.2) is 4.79 Å². The first-order valence-electron chi connectivity index (χ1n) is 6.94. The molecule has 0 spiro atoms. The molecule has 0 bridgehead atoms. The lowest BCUT2D eigenvalue weighted by Gasteiger charge is -2.09. The van der Waals surface area contributed by atoms with Crippen LogP contribution < -0.4 is 0 Å².